The van der Waals surface area contributed by atoms with Crippen LogP contribution < -0.4 is 5.56 Å². The number of ether oxygens (including phenoxy) is 1. The van der Waals surface area contributed by atoms with Crippen molar-refractivity contribution >= 4 is 40.2 Å². The molecule has 30 heavy (non-hydrogen) atoms. The summed E-state index contributed by atoms with van der Waals surface area (Å²) in [7, 11) is 3.16. The first-order valence-corrected chi connectivity index (χ1v) is 10.6. The molecule has 0 aliphatic heterocycles. The van der Waals surface area contributed by atoms with Crippen molar-refractivity contribution in [2.75, 3.05) is 26.5 Å². The van der Waals surface area contributed by atoms with E-state index in [1.807, 2.05) is 0 Å². The molecule has 0 aliphatic rings. The van der Waals surface area contributed by atoms with Crippen molar-refractivity contribution in [3.8, 4) is 0 Å². The summed E-state index contributed by atoms with van der Waals surface area (Å²) in [5, 5.41) is 1.32. The number of hydrogen-bond acceptors (Lipinski definition) is 5. The van der Waals surface area contributed by atoms with Gasteiger partial charge in [-0.1, -0.05) is 41.6 Å². The fourth-order valence-electron chi connectivity index (χ4n) is 2.87. The van der Waals surface area contributed by atoms with E-state index in [4.69, 9.17) is 16.3 Å². The number of thioether (sulfide) groups is 1. The number of nitrogens with zero attached hydrogens (tertiary/aromatic N) is 3. The highest BCUT2D eigenvalue weighted by Crippen LogP contribution is 2.21. The Kier molecular flexibility index (Phi) is 7.47. The van der Waals surface area contributed by atoms with Gasteiger partial charge in [0.05, 0.1) is 29.8 Å². The highest BCUT2D eigenvalue weighted by atomic mass is 35.5. The maximum absolute atomic E-state index is 13.8. The molecule has 2 aromatic carbocycles. The summed E-state index contributed by atoms with van der Waals surface area (Å²) in [6.07, 6.45) is 0. The molecule has 0 spiro atoms. The van der Waals surface area contributed by atoms with Crippen LogP contribution in [-0.2, 0) is 22.6 Å². The number of carbonyl (C=O) groups is 1. The van der Waals surface area contributed by atoms with Gasteiger partial charge in [0.1, 0.15) is 5.82 Å². The molecule has 0 saturated heterocycles. The second kappa shape index (κ2) is 10.1. The van der Waals surface area contributed by atoms with E-state index in [1.165, 1.54) is 15.5 Å². The Morgan fingerprint density at radius 1 is 1.30 bits per heavy atom. The zero-order chi connectivity index (χ0) is 21.7. The molecule has 0 N–H and O–H groups in total. The quantitative estimate of drug-likeness (QED) is 0.388. The van der Waals surface area contributed by atoms with Gasteiger partial charge in [0, 0.05) is 31.3 Å². The zero-order valence-corrected chi connectivity index (χ0v) is 18.2. The molecule has 0 bridgehead atoms. The van der Waals surface area contributed by atoms with E-state index in [1.54, 1.807) is 50.6 Å². The van der Waals surface area contributed by atoms with Gasteiger partial charge in [-0.2, -0.15) is 0 Å². The number of rotatable bonds is 8. The van der Waals surface area contributed by atoms with E-state index in [-0.39, 0.29) is 29.6 Å². The summed E-state index contributed by atoms with van der Waals surface area (Å²) in [4.78, 5) is 31.5. The topological polar surface area (TPSA) is 64.4 Å². The van der Waals surface area contributed by atoms with Gasteiger partial charge >= 0.3 is 0 Å². The van der Waals surface area contributed by atoms with Crippen LogP contribution in [0.1, 0.15) is 5.56 Å². The van der Waals surface area contributed by atoms with Crippen LogP contribution >= 0.6 is 23.4 Å². The van der Waals surface area contributed by atoms with Crippen molar-refractivity contribution in [1.29, 1.82) is 0 Å². The van der Waals surface area contributed by atoms with Crippen LogP contribution in [0.2, 0.25) is 5.02 Å². The van der Waals surface area contributed by atoms with Crippen LogP contribution in [-0.4, -0.2) is 46.9 Å². The molecule has 1 heterocycles. The number of carbonyl (C=O) groups excluding carboxylic acids is 1. The van der Waals surface area contributed by atoms with E-state index in [2.05, 4.69) is 4.98 Å². The summed E-state index contributed by atoms with van der Waals surface area (Å²) in [6.45, 7) is 0.793. The molecule has 0 radical (unpaired) electrons. The van der Waals surface area contributed by atoms with E-state index in [0.29, 0.717) is 39.8 Å². The first kappa shape index (κ1) is 22.3. The lowest BCUT2D eigenvalue weighted by molar-refractivity contribution is -0.127. The molecule has 0 atom stereocenters. The summed E-state index contributed by atoms with van der Waals surface area (Å²) >= 11 is 7.19. The predicted molar refractivity (Wildman–Crippen MR) is 116 cm³/mol. The molecule has 1 amide bonds. The zero-order valence-electron chi connectivity index (χ0n) is 16.6. The van der Waals surface area contributed by atoms with E-state index >= 15 is 0 Å². The van der Waals surface area contributed by atoms with Gasteiger partial charge in [-0.25, -0.2) is 9.37 Å². The SMILES string of the molecule is COCCn1c(SCC(=O)N(C)Cc2ccccc2F)nc2cc(Cl)ccc2c1=O. The van der Waals surface area contributed by atoms with Crippen molar-refractivity contribution in [3.05, 3.63) is 69.2 Å². The normalized spacial score (nSPS) is 11.1. The van der Waals surface area contributed by atoms with Crippen LogP contribution in [0.15, 0.2) is 52.4 Å². The Balaban J connectivity index is 1.80. The van der Waals surface area contributed by atoms with Crippen LogP contribution in [0.4, 0.5) is 4.39 Å². The predicted octanol–water partition coefficient (Wildman–Crippen LogP) is 3.59. The number of methoxy groups -OCH3 is 1. The number of halogens is 2. The second-order valence-electron chi connectivity index (χ2n) is 6.64. The first-order valence-electron chi connectivity index (χ1n) is 9.20. The van der Waals surface area contributed by atoms with Gasteiger partial charge in [0.15, 0.2) is 5.16 Å². The highest BCUT2D eigenvalue weighted by molar-refractivity contribution is 7.99. The Bertz CT molecular complexity index is 1120. The minimum atomic E-state index is -0.355. The standard InChI is InChI=1S/C21H21ClFN3O3S/c1-25(12-14-5-3-4-6-17(14)23)19(27)13-30-21-24-18-11-15(22)7-8-16(18)20(28)26(21)9-10-29-2/h3-8,11H,9-10,12-13H2,1-2H3. The summed E-state index contributed by atoms with van der Waals surface area (Å²) < 4.78 is 20.4. The molecule has 158 valence electrons. The summed E-state index contributed by atoms with van der Waals surface area (Å²) in [5.74, 6) is -0.510. The van der Waals surface area contributed by atoms with Crippen molar-refractivity contribution < 1.29 is 13.9 Å². The Labute approximate surface area is 182 Å². The lowest BCUT2D eigenvalue weighted by Crippen LogP contribution is -2.29. The molecule has 3 aromatic rings. The van der Waals surface area contributed by atoms with E-state index in [9.17, 15) is 14.0 Å². The summed E-state index contributed by atoms with van der Waals surface area (Å²) in [5.41, 5.74) is 0.688. The monoisotopic (exact) mass is 449 g/mol. The van der Waals surface area contributed by atoms with Crippen molar-refractivity contribution in [2.45, 2.75) is 18.2 Å². The van der Waals surface area contributed by atoms with Crippen molar-refractivity contribution in [1.82, 2.24) is 14.5 Å². The number of fused-ring (bicyclic) bond motifs is 1. The Hall–Kier alpha value is -2.42. The average molecular weight is 450 g/mol. The van der Waals surface area contributed by atoms with Gasteiger partial charge < -0.3 is 9.64 Å². The van der Waals surface area contributed by atoms with Gasteiger partial charge in [0.2, 0.25) is 5.91 Å². The smallest absolute Gasteiger partial charge is 0.262 e. The first-order chi connectivity index (χ1) is 14.4. The molecule has 1 aromatic heterocycles. The maximum atomic E-state index is 13.8. The van der Waals surface area contributed by atoms with Crippen molar-refractivity contribution in [2.24, 2.45) is 0 Å². The third-order valence-corrected chi connectivity index (χ3v) is 5.71. The number of hydrogen-bond donors (Lipinski definition) is 0. The lowest BCUT2D eigenvalue weighted by Gasteiger charge is -2.18. The molecular weight excluding hydrogens is 429 g/mol. The van der Waals surface area contributed by atoms with Crippen LogP contribution in [0, 0.1) is 5.82 Å². The van der Waals surface area contributed by atoms with E-state index < -0.39 is 0 Å². The molecule has 0 saturated carbocycles. The number of aromatic nitrogens is 2. The molecular formula is C21H21ClFN3O3S. The molecule has 9 heteroatoms. The lowest BCUT2D eigenvalue weighted by atomic mass is 10.2. The molecule has 6 nitrogen and oxygen atoms in total. The van der Waals surface area contributed by atoms with Gasteiger partial charge in [0.25, 0.3) is 5.56 Å². The minimum Gasteiger partial charge on any atom is -0.383 e. The third-order valence-electron chi connectivity index (χ3n) is 4.52. The molecule has 0 unspecified atom stereocenters. The summed E-state index contributed by atoms with van der Waals surface area (Å²) in [6, 6.07) is 11.2. The highest BCUT2D eigenvalue weighted by Gasteiger charge is 2.16. The molecule has 0 aliphatic carbocycles. The average Bonchev–Trinajstić information content (AvgIpc) is 2.72. The fourth-order valence-corrected chi connectivity index (χ4v) is 4.00. The van der Waals surface area contributed by atoms with Gasteiger partial charge in [-0.05, 0) is 24.3 Å². The van der Waals surface area contributed by atoms with E-state index in [0.717, 1.165) is 11.8 Å². The maximum Gasteiger partial charge on any atom is 0.262 e. The van der Waals surface area contributed by atoms with Crippen LogP contribution in [0.3, 0.4) is 0 Å². The Morgan fingerprint density at radius 2 is 2.07 bits per heavy atom. The van der Waals surface area contributed by atoms with Gasteiger partial charge in [-0.3, -0.25) is 14.2 Å². The minimum absolute atomic E-state index is 0.0520. The largest absolute Gasteiger partial charge is 0.383 e. The number of benzene rings is 2. The molecule has 3 rings (SSSR count). The second-order valence-corrected chi connectivity index (χ2v) is 8.01. The third kappa shape index (κ3) is 5.19. The van der Waals surface area contributed by atoms with Crippen LogP contribution in [0.25, 0.3) is 10.9 Å². The Morgan fingerprint density at radius 3 is 2.80 bits per heavy atom. The van der Waals surface area contributed by atoms with Crippen LogP contribution in [0.5, 0.6) is 0 Å². The van der Waals surface area contributed by atoms with Gasteiger partial charge in [-0.15, -0.1) is 0 Å². The fraction of sp³-hybridized carbons (Fsp3) is 0.286. The molecule has 0 fully saturated rings. The number of amides is 1. The van der Waals surface area contributed by atoms with Crippen molar-refractivity contribution in [3.63, 3.8) is 0 Å².